The van der Waals surface area contributed by atoms with Crippen LogP contribution in [0.15, 0.2) is 23.0 Å². The van der Waals surface area contributed by atoms with Crippen molar-refractivity contribution in [2.45, 2.75) is 38.5 Å². The summed E-state index contributed by atoms with van der Waals surface area (Å²) in [6.07, 6.45) is 1.94. The van der Waals surface area contributed by atoms with E-state index in [1.54, 1.807) is 0 Å². The molecule has 0 radical (unpaired) electrons. The van der Waals surface area contributed by atoms with Crippen LogP contribution in [-0.4, -0.2) is 27.9 Å². The van der Waals surface area contributed by atoms with Gasteiger partial charge in [0.2, 0.25) is 0 Å². The zero-order valence-corrected chi connectivity index (χ0v) is 9.63. The minimum atomic E-state index is -1.09. The molecule has 1 aromatic rings. The summed E-state index contributed by atoms with van der Waals surface area (Å²) >= 11 is 0. The number of rotatable bonds is 3. The Morgan fingerprint density at radius 3 is 2.88 bits per heavy atom. The van der Waals surface area contributed by atoms with Gasteiger partial charge < -0.3 is 9.84 Å². The molecule has 1 aliphatic rings. The highest BCUT2D eigenvalue weighted by molar-refractivity contribution is 5.85. The minimum absolute atomic E-state index is 0.0145. The van der Waals surface area contributed by atoms with Gasteiger partial charge in [-0.1, -0.05) is 6.07 Å². The zero-order chi connectivity index (χ0) is 12.4. The molecule has 2 unspecified atom stereocenters. The summed E-state index contributed by atoms with van der Waals surface area (Å²) in [5.41, 5.74) is -0.284. The molecule has 1 fully saturated rings. The van der Waals surface area contributed by atoms with E-state index >= 15 is 0 Å². The van der Waals surface area contributed by atoms with Crippen molar-refractivity contribution < 1.29 is 14.6 Å². The SMILES string of the molecule is CC1CCC(Cn2c(C(=O)O)cccc2=O)O1. The van der Waals surface area contributed by atoms with Gasteiger partial charge in [0, 0.05) is 6.07 Å². The van der Waals surface area contributed by atoms with E-state index < -0.39 is 5.97 Å². The Bertz CT molecular complexity index is 480. The van der Waals surface area contributed by atoms with Crippen LogP contribution in [0.25, 0.3) is 0 Å². The molecule has 5 heteroatoms. The van der Waals surface area contributed by atoms with Crippen LogP contribution in [0.4, 0.5) is 0 Å². The average Bonchev–Trinajstić information content (AvgIpc) is 2.67. The van der Waals surface area contributed by atoms with Gasteiger partial charge in [-0.3, -0.25) is 9.36 Å². The molecule has 0 aliphatic carbocycles. The van der Waals surface area contributed by atoms with Gasteiger partial charge >= 0.3 is 5.97 Å². The fourth-order valence-corrected chi connectivity index (χ4v) is 2.12. The van der Waals surface area contributed by atoms with Gasteiger partial charge in [0.1, 0.15) is 5.69 Å². The molecular weight excluding hydrogens is 222 g/mol. The van der Waals surface area contributed by atoms with E-state index in [4.69, 9.17) is 9.84 Å². The molecule has 17 heavy (non-hydrogen) atoms. The predicted molar refractivity (Wildman–Crippen MR) is 61.2 cm³/mol. The highest BCUT2D eigenvalue weighted by atomic mass is 16.5. The van der Waals surface area contributed by atoms with Crippen LogP contribution >= 0.6 is 0 Å². The summed E-state index contributed by atoms with van der Waals surface area (Å²) in [6, 6.07) is 4.26. The van der Waals surface area contributed by atoms with Crippen LogP contribution in [-0.2, 0) is 11.3 Å². The number of aromatic nitrogens is 1. The van der Waals surface area contributed by atoms with Crippen molar-refractivity contribution >= 4 is 5.97 Å². The van der Waals surface area contributed by atoms with Crippen molar-refractivity contribution in [1.82, 2.24) is 4.57 Å². The fraction of sp³-hybridized carbons (Fsp3) is 0.500. The van der Waals surface area contributed by atoms with E-state index in [0.717, 1.165) is 12.8 Å². The number of carboxylic acid groups (broad SMARTS) is 1. The maximum atomic E-state index is 11.7. The second-order valence-electron chi connectivity index (χ2n) is 4.31. The van der Waals surface area contributed by atoms with E-state index in [2.05, 4.69) is 0 Å². The largest absolute Gasteiger partial charge is 0.477 e. The maximum absolute atomic E-state index is 11.7. The van der Waals surface area contributed by atoms with E-state index in [1.165, 1.54) is 22.8 Å². The van der Waals surface area contributed by atoms with Crippen LogP contribution in [0.2, 0.25) is 0 Å². The van der Waals surface area contributed by atoms with Crippen LogP contribution < -0.4 is 5.56 Å². The van der Waals surface area contributed by atoms with E-state index in [1.807, 2.05) is 6.92 Å². The molecule has 0 aromatic carbocycles. The van der Waals surface area contributed by atoms with Gasteiger partial charge in [-0.25, -0.2) is 4.79 Å². The molecule has 92 valence electrons. The van der Waals surface area contributed by atoms with Crippen molar-refractivity contribution in [2.24, 2.45) is 0 Å². The quantitative estimate of drug-likeness (QED) is 0.855. The Labute approximate surface area is 98.6 Å². The first-order valence-corrected chi connectivity index (χ1v) is 5.66. The van der Waals surface area contributed by atoms with E-state index in [9.17, 15) is 9.59 Å². The van der Waals surface area contributed by atoms with Crippen molar-refractivity contribution in [3.63, 3.8) is 0 Å². The molecule has 1 aliphatic heterocycles. The highest BCUT2D eigenvalue weighted by Gasteiger charge is 2.23. The number of hydrogen-bond donors (Lipinski definition) is 1. The van der Waals surface area contributed by atoms with Gasteiger partial charge in [-0.05, 0) is 25.8 Å². The second-order valence-corrected chi connectivity index (χ2v) is 4.31. The van der Waals surface area contributed by atoms with Gasteiger partial charge in [-0.15, -0.1) is 0 Å². The lowest BCUT2D eigenvalue weighted by Gasteiger charge is -2.15. The third-order valence-electron chi connectivity index (χ3n) is 2.97. The summed E-state index contributed by atoms with van der Waals surface area (Å²) in [5, 5.41) is 9.02. The monoisotopic (exact) mass is 237 g/mol. The summed E-state index contributed by atoms with van der Waals surface area (Å²) in [6.45, 7) is 2.29. The second kappa shape index (κ2) is 4.71. The molecule has 1 saturated heterocycles. The van der Waals surface area contributed by atoms with E-state index in [-0.39, 0.29) is 23.5 Å². The summed E-state index contributed by atoms with van der Waals surface area (Å²) in [4.78, 5) is 22.7. The van der Waals surface area contributed by atoms with Gasteiger partial charge in [0.05, 0.1) is 18.8 Å². The fourth-order valence-electron chi connectivity index (χ4n) is 2.12. The molecule has 0 spiro atoms. The molecule has 5 nitrogen and oxygen atoms in total. The standard InChI is InChI=1S/C12H15NO4/c1-8-5-6-9(17-8)7-13-10(12(15)16)3-2-4-11(13)14/h2-4,8-9H,5-7H2,1H3,(H,15,16). The molecule has 0 saturated carbocycles. The van der Waals surface area contributed by atoms with Crippen LogP contribution in [0.5, 0.6) is 0 Å². The minimum Gasteiger partial charge on any atom is -0.477 e. The maximum Gasteiger partial charge on any atom is 0.352 e. The lowest BCUT2D eigenvalue weighted by atomic mass is 10.2. The first-order chi connectivity index (χ1) is 8.08. The smallest absolute Gasteiger partial charge is 0.352 e. The van der Waals surface area contributed by atoms with Crippen molar-refractivity contribution in [3.8, 4) is 0 Å². The molecule has 1 N–H and O–H groups in total. The number of ether oxygens (including phenoxy) is 1. The van der Waals surface area contributed by atoms with Gasteiger partial charge in [0.25, 0.3) is 5.56 Å². The van der Waals surface area contributed by atoms with E-state index in [0.29, 0.717) is 6.54 Å². The summed E-state index contributed by atoms with van der Waals surface area (Å²) < 4.78 is 6.87. The Hall–Kier alpha value is -1.62. The Morgan fingerprint density at radius 2 is 2.29 bits per heavy atom. The van der Waals surface area contributed by atoms with Crippen molar-refractivity contribution in [2.75, 3.05) is 0 Å². The summed E-state index contributed by atoms with van der Waals surface area (Å²) in [5.74, 6) is -1.09. The Balaban J connectivity index is 2.25. The van der Waals surface area contributed by atoms with Crippen LogP contribution in [0.1, 0.15) is 30.3 Å². The molecule has 2 heterocycles. The number of aromatic carboxylic acids is 1. The number of pyridine rings is 1. The topological polar surface area (TPSA) is 68.5 Å². The summed E-state index contributed by atoms with van der Waals surface area (Å²) in [7, 11) is 0. The Kier molecular flexibility index (Phi) is 3.28. The number of hydrogen-bond acceptors (Lipinski definition) is 3. The molecule has 0 amide bonds. The number of nitrogens with zero attached hydrogens (tertiary/aromatic N) is 1. The third kappa shape index (κ3) is 2.55. The first-order valence-electron chi connectivity index (χ1n) is 5.66. The van der Waals surface area contributed by atoms with Crippen molar-refractivity contribution in [3.05, 3.63) is 34.2 Å². The van der Waals surface area contributed by atoms with Crippen molar-refractivity contribution in [1.29, 1.82) is 0 Å². The molecule has 2 rings (SSSR count). The van der Waals surface area contributed by atoms with Gasteiger partial charge in [-0.2, -0.15) is 0 Å². The molecule has 2 atom stereocenters. The van der Waals surface area contributed by atoms with Gasteiger partial charge in [0.15, 0.2) is 0 Å². The highest BCUT2D eigenvalue weighted by Crippen LogP contribution is 2.20. The molecule has 1 aromatic heterocycles. The first kappa shape index (κ1) is 11.9. The Morgan fingerprint density at radius 1 is 1.53 bits per heavy atom. The lowest BCUT2D eigenvalue weighted by molar-refractivity contribution is 0.0436. The zero-order valence-electron chi connectivity index (χ0n) is 9.63. The lowest BCUT2D eigenvalue weighted by Crippen LogP contribution is -2.30. The molecule has 0 bridgehead atoms. The predicted octanol–water partition coefficient (Wildman–Crippen LogP) is 1.11. The van der Waals surface area contributed by atoms with Crippen LogP contribution in [0, 0.1) is 0 Å². The molecular formula is C12H15NO4. The van der Waals surface area contributed by atoms with Crippen LogP contribution in [0.3, 0.4) is 0 Å². The number of carboxylic acids is 1. The number of carbonyl (C=O) groups is 1. The third-order valence-corrected chi connectivity index (χ3v) is 2.97. The normalized spacial score (nSPS) is 23.8. The average molecular weight is 237 g/mol.